The Bertz CT molecular complexity index is 1340. The van der Waals surface area contributed by atoms with Gasteiger partial charge in [-0.05, 0) is 29.3 Å². The molecule has 0 radical (unpaired) electrons. The highest BCUT2D eigenvalue weighted by atomic mass is 32.1. The molecule has 7 heteroatoms. The van der Waals surface area contributed by atoms with Gasteiger partial charge in [0.05, 0.1) is 11.1 Å². The van der Waals surface area contributed by atoms with Gasteiger partial charge in [0, 0.05) is 24.6 Å². The van der Waals surface area contributed by atoms with Crippen molar-refractivity contribution in [3.8, 4) is 0 Å². The zero-order chi connectivity index (χ0) is 24.2. The van der Waals surface area contributed by atoms with Crippen molar-refractivity contribution < 1.29 is 14.3 Å². The van der Waals surface area contributed by atoms with Gasteiger partial charge in [0.1, 0.15) is 11.2 Å². The van der Waals surface area contributed by atoms with E-state index in [0.29, 0.717) is 15.8 Å². The number of aromatic nitrogens is 1. The molecule has 174 valence electrons. The number of rotatable bonds is 7. The Morgan fingerprint density at radius 3 is 2.55 bits per heavy atom. The van der Waals surface area contributed by atoms with Crippen molar-refractivity contribution in [2.45, 2.75) is 40.3 Å². The van der Waals surface area contributed by atoms with Gasteiger partial charge < -0.3 is 10.1 Å². The number of ether oxygens (including phenoxy) is 1. The second-order valence-electron chi connectivity index (χ2n) is 9.09. The van der Waals surface area contributed by atoms with Crippen molar-refractivity contribution in [2.75, 3.05) is 13.7 Å². The van der Waals surface area contributed by atoms with Crippen molar-refractivity contribution in [1.29, 1.82) is 0 Å². The first-order valence-electron chi connectivity index (χ1n) is 10.8. The average molecular weight is 467 g/mol. The Hall–Kier alpha value is -3.03. The Morgan fingerprint density at radius 1 is 1.15 bits per heavy atom. The molecule has 0 aliphatic carbocycles. The lowest BCUT2D eigenvalue weighted by atomic mass is 9.91. The summed E-state index contributed by atoms with van der Waals surface area (Å²) in [5, 5.41) is 4.93. The topological polar surface area (TPSA) is 77.4 Å². The number of Topliss-reactive ketones (excluding diaryl/α,β-unsaturated/α-hetero) is 1. The monoisotopic (exact) mass is 466 g/mol. The molecule has 0 saturated carbocycles. The number of methoxy groups -OCH3 is 1. The predicted molar refractivity (Wildman–Crippen MR) is 134 cm³/mol. The molecule has 0 fully saturated rings. The van der Waals surface area contributed by atoms with Crippen LogP contribution in [0.1, 0.15) is 33.3 Å². The molecule has 0 aliphatic heterocycles. The molecule has 0 aliphatic rings. The Morgan fingerprint density at radius 2 is 1.85 bits per heavy atom. The maximum absolute atomic E-state index is 13.3. The van der Waals surface area contributed by atoms with E-state index in [4.69, 9.17) is 4.74 Å². The number of carbonyl (C=O) groups excluding carboxylic acids is 2. The van der Waals surface area contributed by atoms with Gasteiger partial charge in [-0.3, -0.25) is 19.0 Å². The van der Waals surface area contributed by atoms with Crippen LogP contribution < -0.4 is 20.1 Å². The molecule has 1 amide bonds. The number of nitrogens with one attached hydrogen (secondary N) is 1. The second-order valence-corrected chi connectivity index (χ2v) is 10.2. The van der Waals surface area contributed by atoms with Gasteiger partial charge in [0.2, 0.25) is 5.91 Å². The summed E-state index contributed by atoms with van der Waals surface area (Å²) >= 11 is 1.22. The molecule has 2 aromatic carbocycles. The van der Waals surface area contributed by atoms with Crippen LogP contribution in [0, 0.1) is 5.41 Å². The number of hydrogen-bond donors (Lipinski definition) is 1. The molecule has 1 aromatic heterocycles. The zero-order valence-corrected chi connectivity index (χ0v) is 20.5. The first kappa shape index (κ1) is 24.6. The predicted octanol–water partition coefficient (Wildman–Crippen LogP) is 2.44. The number of nitrogens with zero attached hydrogens (tertiary/aromatic N) is 1. The summed E-state index contributed by atoms with van der Waals surface area (Å²) in [6.45, 7) is 7.49. The lowest BCUT2D eigenvalue weighted by Crippen LogP contribution is -2.42. The maximum atomic E-state index is 13.3. The Balaban J connectivity index is 2.13. The van der Waals surface area contributed by atoms with E-state index in [1.54, 1.807) is 7.11 Å². The highest BCUT2D eigenvalue weighted by Gasteiger charge is 2.20. The van der Waals surface area contributed by atoms with E-state index >= 15 is 0 Å². The molecule has 1 unspecified atom stereocenters. The van der Waals surface area contributed by atoms with Crippen molar-refractivity contribution in [2.24, 2.45) is 5.41 Å². The van der Waals surface area contributed by atoms with E-state index in [0.717, 1.165) is 16.3 Å². The standard InChI is InChI=1S/C26H30N2O4S/c1-17(16-32-5)27-23(30)15-28-24(14-22(29)26(2,3)4)33-21(25(28)31)13-19-11-8-10-18-9-6-7-12-20(18)19/h6-14,17H,15-16H2,1-5H3,(H,27,30)/b21-13+,24-14-. The fourth-order valence-corrected chi connectivity index (χ4v) is 4.43. The minimum Gasteiger partial charge on any atom is -0.383 e. The fraction of sp³-hybridized carbons (Fsp3) is 0.346. The molecule has 33 heavy (non-hydrogen) atoms. The summed E-state index contributed by atoms with van der Waals surface area (Å²) in [4.78, 5) is 38.6. The first-order chi connectivity index (χ1) is 15.6. The molecule has 0 spiro atoms. The molecular formula is C26H30N2O4S. The highest BCUT2D eigenvalue weighted by Crippen LogP contribution is 2.19. The van der Waals surface area contributed by atoms with E-state index in [9.17, 15) is 14.4 Å². The van der Waals surface area contributed by atoms with Crippen molar-refractivity contribution in [3.05, 3.63) is 67.6 Å². The maximum Gasteiger partial charge on any atom is 0.269 e. The number of benzene rings is 2. The number of hydrogen-bond acceptors (Lipinski definition) is 5. The van der Waals surface area contributed by atoms with Crippen LogP contribution in [0.15, 0.2) is 47.3 Å². The molecule has 3 rings (SSSR count). The molecule has 0 saturated heterocycles. The van der Waals surface area contributed by atoms with Crippen molar-refractivity contribution in [3.63, 3.8) is 0 Å². The first-order valence-corrected chi connectivity index (χ1v) is 11.7. The molecule has 1 heterocycles. The summed E-state index contributed by atoms with van der Waals surface area (Å²) in [5.41, 5.74) is 0.0143. The second kappa shape index (κ2) is 10.3. The smallest absolute Gasteiger partial charge is 0.269 e. The third kappa shape index (κ3) is 6.06. The summed E-state index contributed by atoms with van der Waals surface area (Å²) in [5.74, 6) is -0.420. The van der Waals surface area contributed by atoms with Crippen LogP contribution in [-0.2, 0) is 20.9 Å². The van der Waals surface area contributed by atoms with Crippen LogP contribution in [0.5, 0.6) is 0 Å². The lowest BCUT2D eigenvalue weighted by molar-refractivity contribution is -0.123. The van der Waals surface area contributed by atoms with Crippen LogP contribution in [-0.4, -0.2) is 36.0 Å². The molecular weight excluding hydrogens is 436 g/mol. The minimum atomic E-state index is -0.598. The largest absolute Gasteiger partial charge is 0.383 e. The van der Waals surface area contributed by atoms with Gasteiger partial charge in [-0.1, -0.05) is 63.2 Å². The summed E-state index contributed by atoms with van der Waals surface area (Å²) in [6.07, 6.45) is 3.30. The lowest BCUT2D eigenvalue weighted by Gasteiger charge is -2.14. The minimum absolute atomic E-state index is 0.109. The number of amides is 1. The average Bonchev–Trinajstić information content (AvgIpc) is 3.02. The summed E-state index contributed by atoms with van der Waals surface area (Å²) < 4.78 is 7.36. The van der Waals surface area contributed by atoms with Crippen LogP contribution in [0.25, 0.3) is 22.9 Å². The van der Waals surface area contributed by atoms with E-state index in [2.05, 4.69) is 5.32 Å². The third-order valence-corrected chi connectivity index (χ3v) is 6.23. The van der Waals surface area contributed by atoms with Gasteiger partial charge in [-0.15, -0.1) is 11.3 Å². The third-order valence-electron chi connectivity index (χ3n) is 5.17. The Kier molecular flexibility index (Phi) is 7.66. The van der Waals surface area contributed by atoms with Gasteiger partial charge in [-0.2, -0.15) is 0 Å². The quantitative estimate of drug-likeness (QED) is 0.580. The van der Waals surface area contributed by atoms with Gasteiger partial charge in [0.15, 0.2) is 5.78 Å². The molecule has 3 aromatic rings. The summed E-state index contributed by atoms with van der Waals surface area (Å²) in [6, 6.07) is 13.7. The van der Waals surface area contributed by atoms with E-state index < -0.39 is 5.41 Å². The van der Waals surface area contributed by atoms with Crippen LogP contribution >= 0.6 is 11.3 Å². The zero-order valence-electron chi connectivity index (χ0n) is 19.7. The highest BCUT2D eigenvalue weighted by molar-refractivity contribution is 7.07. The van der Waals surface area contributed by atoms with Gasteiger partial charge in [0.25, 0.3) is 5.56 Å². The SMILES string of the molecule is COCC(C)NC(=O)Cn1c(=O)/c(=C\c2cccc3ccccc23)s/c1=C\C(=O)C(C)(C)C. The number of thiazole rings is 1. The number of fused-ring (bicyclic) bond motifs is 1. The van der Waals surface area contributed by atoms with E-state index in [1.165, 1.54) is 22.0 Å². The number of carbonyl (C=O) groups is 2. The van der Waals surface area contributed by atoms with Gasteiger partial charge >= 0.3 is 0 Å². The van der Waals surface area contributed by atoms with E-state index in [1.807, 2.05) is 76.2 Å². The van der Waals surface area contributed by atoms with Crippen molar-refractivity contribution >= 4 is 46.0 Å². The number of ketones is 1. The normalized spacial score (nSPS) is 14.0. The van der Waals surface area contributed by atoms with Gasteiger partial charge in [-0.25, -0.2) is 0 Å². The van der Waals surface area contributed by atoms with Crippen molar-refractivity contribution in [1.82, 2.24) is 9.88 Å². The van der Waals surface area contributed by atoms with E-state index in [-0.39, 0.29) is 29.8 Å². The molecule has 1 N–H and O–H groups in total. The van der Waals surface area contributed by atoms with Crippen LogP contribution in [0.4, 0.5) is 0 Å². The molecule has 1 atom stereocenters. The Labute approximate surface area is 197 Å². The molecule has 0 bridgehead atoms. The summed E-state index contributed by atoms with van der Waals surface area (Å²) in [7, 11) is 1.56. The molecule has 6 nitrogen and oxygen atoms in total. The van der Waals surface area contributed by atoms with Crippen LogP contribution in [0.3, 0.4) is 0 Å². The van der Waals surface area contributed by atoms with Crippen LogP contribution in [0.2, 0.25) is 0 Å². The fourth-order valence-electron chi connectivity index (χ4n) is 3.39.